The summed E-state index contributed by atoms with van der Waals surface area (Å²) in [5, 5.41) is 12.0. The Morgan fingerprint density at radius 2 is 1.95 bits per heavy atom. The van der Waals surface area contributed by atoms with E-state index < -0.39 is 5.92 Å². The molecule has 0 heterocycles. The summed E-state index contributed by atoms with van der Waals surface area (Å²) in [5.74, 6) is -1.11. The van der Waals surface area contributed by atoms with Crippen molar-refractivity contribution >= 4 is 23.4 Å². The summed E-state index contributed by atoms with van der Waals surface area (Å²) < 4.78 is 0. The zero-order valence-electron chi connectivity index (χ0n) is 11.0. The fraction of sp³-hybridized carbons (Fsp3) is 0.125. The van der Waals surface area contributed by atoms with Crippen molar-refractivity contribution in [1.82, 2.24) is 0 Å². The third kappa shape index (κ3) is 3.40. The highest BCUT2D eigenvalue weighted by Crippen LogP contribution is 2.21. The molecule has 0 aliphatic rings. The molecule has 1 N–H and O–H groups in total. The van der Waals surface area contributed by atoms with Crippen LogP contribution in [0.3, 0.4) is 0 Å². The van der Waals surface area contributed by atoms with Crippen molar-refractivity contribution in [2.45, 2.75) is 10.8 Å². The normalized spacial score (nSPS) is 11.4. The predicted octanol–water partition coefficient (Wildman–Crippen LogP) is 3.65. The first kappa shape index (κ1) is 14.2. The number of benzene rings is 2. The summed E-state index contributed by atoms with van der Waals surface area (Å²) in [5.41, 5.74) is 1.41. The van der Waals surface area contributed by atoms with Gasteiger partial charge in [-0.25, -0.2) is 0 Å². The Labute approximate surface area is 122 Å². The average molecular weight is 282 g/mol. The molecule has 100 valence electrons. The maximum atomic E-state index is 12.2. The number of nitrogens with zero attached hydrogens (tertiary/aromatic N) is 1. The van der Waals surface area contributed by atoms with Gasteiger partial charge >= 0.3 is 0 Å². The van der Waals surface area contributed by atoms with Crippen LogP contribution in [0.25, 0.3) is 0 Å². The minimum absolute atomic E-state index is 0.308. The van der Waals surface area contributed by atoms with Gasteiger partial charge in [-0.05, 0) is 30.0 Å². The van der Waals surface area contributed by atoms with E-state index in [9.17, 15) is 10.1 Å². The number of rotatable bonds is 4. The van der Waals surface area contributed by atoms with Crippen LogP contribution in [0.2, 0.25) is 0 Å². The molecule has 2 aromatic rings. The van der Waals surface area contributed by atoms with Crippen molar-refractivity contribution in [3.05, 3.63) is 60.2 Å². The molecular formula is C16H14N2OS. The number of carbonyl (C=O) groups is 1. The van der Waals surface area contributed by atoms with Gasteiger partial charge in [-0.3, -0.25) is 4.79 Å². The summed E-state index contributed by atoms with van der Waals surface area (Å²) in [6.45, 7) is 0. The first-order valence-corrected chi connectivity index (χ1v) is 7.36. The summed E-state index contributed by atoms with van der Waals surface area (Å²) in [6, 6.07) is 18.7. The lowest BCUT2D eigenvalue weighted by atomic mass is 10.00. The maximum Gasteiger partial charge on any atom is 0.246 e. The lowest BCUT2D eigenvalue weighted by molar-refractivity contribution is -0.116. The molecule has 20 heavy (non-hydrogen) atoms. The van der Waals surface area contributed by atoms with Crippen molar-refractivity contribution in [3.8, 4) is 6.07 Å². The molecule has 2 aromatic carbocycles. The minimum atomic E-state index is -0.797. The van der Waals surface area contributed by atoms with E-state index in [1.54, 1.807) is 23.9 Å². The van der Waals surface area contributed by atoms with Gasteiger partial charge in [0.1, 0.15) is 0 Å². The number of carbonyl (C=O) groups excluding carboxylic acids is 1. The molecule has 0 aromatic heterocycles. The Kier molecular flexibility index (Phi) is 4.80. The van der Waals surface area contributed by atoms with Crippen LogP contribution in [0.1, 0.15) is 11.5 Å². The van der Waals surface area contributed by atoms with E-state index in [1.807, 2.05) is 54.8 Å². The van der Waals surface area contributed by atoms with E-state index >= 15 is 0 Å². The third-order valence-corrected chi connectivity index (χ3v) is 3.59. The zero-order chi connectivity index (χ0) is 14.4. The maximum absolute atomic E-state index is 12.2. The molecule has 0 fully saturated rings. The molecule has 2 rings (SSSR count). The number of amides is 1. The van der Waals surface area contributed by atoms with Gasteiger partial charge in [0.05, 0.1) is 6.07 Å². The van der Waals surface area contributed by atoms with Gasteiger partial charge in [-0.1, -0.05) is 36.4 Å². The first-order valence-electron chi connectivity index (χ1n) is 6.14. The van der Waals surface area contributed by atoms with Crippen LogP contribution in [0.4, 0.5) is 5.69 Å². The smallest absolute Gasteiger partial charge is 0.246 e. The number of nitrogens with one attached hydrogen (secondary N) is 1. The summed E-state index contributed by atoms with van der Waals surface area (Å²) in [7, 11) is 0. The largest absolute Gasteiger partial charge is 0.325 e. The van der Waals surface area contributed by atoms with E-state index in [2.05, 4.69) is 5.32 Å². The van der Waals surface area contributed by atoms with Crippen molar-refractivity contribution in [2.24, 2.45) is 0 Å². The van der Waals surface area contributed by atoms with E-state index in [4.69, 9.17) is 0 Å². The monoisotopic (exact) mass is 282 g/mol. The molecular weight excluding hydrogens is 268 g/mol. The van der Waals surface area contributed by atoms with Gasteiger partial charge in [-0.2, -0.15) is 5.26 Å². The molecule has 0 aliphatic heterocycles. The minimum Gasteiger partial charge on any atom is -0.325 e. The number of hydrogen-bond donors (Lipinski definition) is 1. The fourth-order valence-corrected chi connectivity index (χ4v) is 2.30. The Bertz CT molecular complexity index is 634. The molecule has 1 amide bonds. The lowest BCUT2D eigenvalue weighted by Gasteiger charge is -2.11. The molecule has 0 aliphatic carbocycles. The van der Waals surface area contributed by atoms with Gasteiger partial charge in [0.2, 0.25) is 5.91 Å². The summed E-state index contributed by atoms with van der Waals surface area (Å²) in [4.78, 5) is 13.3. The van der Waals surface area contributed by atoms with Crippen molar-refractivity contribution in [3.63, 3.8) is 0 Å². The molecule has 1 atom stereocenters. The highest BCUT2D eigenvalue weighted by molar-refractivity contribution is 7.98. The van der Waals surface area contributed by atoms with Crippen molar-refractivity contribution in [1.29, 1.82) is 5.26 Å². The molecule has 0 saturated carbocycles. The van der Waals surface area contributed by atoms with Crippen LogP contribution in [0.15, 0.2) is 59.5 Å². The molecule has 4 heteroatoms. The van der Waals surface area contributed by atoms with E-state index in [1.165, 1.54) is 0 Å². The Morgan fingerprint density at radius 1 is 1.20 bits per heavy atom. The summed E-state index contributed by atoms with van der Waals surface area (Å²) >= 11 is 1.60. The lowest BCUT2D eigenvalue weighted by Crippen LogP contribution is -2.19. The topological polar surface area (TPSA) is 52.9 Å². The van der Waals surface area contributed by atoms with Gasteiger partial charge < -0.3 is 5.32 Å². The highest BCUT2D eigenvalue weighted by atomic mass is 32.2. The summed E-state index contributed by atoms with van der Waals surface area (Å²) in [6.07, 6.45) is 1.98. The molecule has 0 radical (unpaired) electrons. The quantitative estimate of drug-likeness (QED) is 0.871. The standard InChI is InChI=1S/C16H14N2OS/c1-20-14-9-5-8-13(10-14)18-16(19)15(11-17)12-6-3-2-4-7-12/h2-10,15H,1H3,(H,18,19). The predicted molar refractivity (Wildman–Crippen MR) is 81.6 cm³/mol. The van der Waals surface area contributed by atoms with Crippen LogP contribution in [0.5, 0.6) is 0 Å². The van der Waals surface area contributed by atoms with Gasteiger partial charge in [-0.15, -0.1) is 11.8 Å². The first-order chi connectivity index (χ1) is 9.74. The van der Waals surface area contributed by atoms with Gasteiger partial charge in [0.15, 0.2) is 5.92 Å². The van der Waals surface area contributed by atoms with Crippen molar-refractivity contribution in [2.75, 3.05) is 11.6 Å². The van der Waals surface area contributed by atoms with Crippen LogP contribution >= 0.6 is 11.8 Å². The zero-order valence-corrected chi connectivity index (χ0v) is 11.9. The Morgan fingerprint density at radius 3 is 2.60 bits per heavy atom. The molecule has 0 spiro atoms. The van der Waals surface area contributed by atoms with E-state index in [0.717, 1.165) is 4.90 Å². The number of hydrogen-bond acceptors (Lipinski definition) is 3. The van der Waals surface area contributed by atoms with Crippen molar-refractivity contribution < 1.29 is 4.79 Å². The number of nitriles is 1. The molecule has 1 unspecified atom stereocenters. The molecule has 3 nitrogen and oxygen atoms in total. The van der Waals surface area contributed by atoms with Crippen LogP contribution in [-0.4, -0.2) is 12.2 Å². The average Bonchev–Trinajstić information content (AvgIpc) is 2.49. The molecule has 0 bridgehead atoms. The van der Waals surface area contributed by atoms with Crippen LogP contribution in [0, 0.1) is 11.3 Å². The number of thioether (sulfide) groups is 1. The Balaban J connectivity index is 2.16. The second-order valence-electron chi connectivity index (χ2n) is 4.19. The van der Waals surface area contributed by atoms with Gasteiger partial charge in [0, 0.05) is 10.6 Å². The highest BCUT2D eigenvalue weighted by Gasteiger charge is 2.19. The SMILES string of the molecule is CSc1cccc(NC(=O)C(C#N)c2ccccc2)c1. The van der Waals surface area contributed by atoms with Crippen LogP contribution < -0.4 is 5.32 Å². The van der Waals surface area contributed by atoms with E-state index in [0.29, 0.717) is 11.3 Å². The van der Waals surface area contributed by atoms with Crippen LogP contribution in [-0.2, 0) is 4.79 Å². The fourth-order valence-electron chi connectivity index (χ4n) is 1.85. The third-order valence-electron chi connectivity index (χ3n) is 2.86. The second kappa shape index (κ2) is 6.78. The second-order valence-corrected chi connectivity index (χ2v) is 5.07. The number of anilines is 1. The van der Waals surface area contributed by atoms with Gasteiger partial charge in [0.25, 0.3) is 0 Å². The molecule has 0 saturated heterocycles. The van der Waals surface area contributed by atoms with E-state index in [-0.39, 0.29) is 5.91 Å². The Hall–Kier alpha value is -2.25.